The van der Waals surface area contributed by atoms with Crippen LogP contribution in [0.3, 0.4) is 0 Å². The molecule has 3 aromatic rings. The molecule has 0 aliphatic rings. The van der Waals surface area contributed by atoms with E-state index in [4.69, 9.17) is 0 Å². The molecule has 0 unspecified atom stereocenters. The number of aromatic nitrogens is 4. The zero-order chi connectivity index (χ0) is 18.2. The van der Waals surface area contributed by atoms with E-state index in [2.05, 4.69) is 16.8 Å². The van der Waals surface area contributed by atoms with Crippen LogP contribution in [0.1, 0.15) is 20.8 Å². The molecule has 0 aliphatic heterocycles. The van der Waals surface area contributed by atoms with Crippen molar-refractivity contribution in [2.24, 2.45) is 5.41 Å². The molecular formula is C18H20N4O2S. The van der Waals surface area contributed by atoms with E-state index in [1.54, 1.807) is 12.1 Å². The number of hydrogen-bond acceptors (Lipinski definition) is 5. The minimum atomic E-state index is -0.402. The number of thioether (sulfide) groups is 1. The number of carbonyl (C=O) groups is 1. The van der Waals surface area contributed by atoms with Gasteiger partial charge in [0.2, 0.25) is 5.78 Å². The minimum Gasteiger partial charge on any atom is -0.298 e. The number of allylic oxidation sites excluding steroid dienone is 1. The summed E-state index contributed by atoms with van der Waals surface area (Å²) in [5, 5.41) is 9.58. The first-order chi connectivity index (χ1) is 11.8. The molecule has 7 heteroatoms. The average molecular weight is 356 g/mol. The lowest BCUT2D eigenvalue weighted by atomic mass is 9.92. The lowest BCUT2D eigenvalue weighted by Crippen LogP contribution is -2.23. The molecule has 0 bridgehead atoms. The average Bonchev–Trinajstić information content (AvgIpc) is 2.99. The Morgan fingerprint density at radius 3 is 2.68 bits per heavy atom. The van der Waals surface area contributed by atoms with Crippen molar-refractivity contribution >= 4 is 34.2 Å². The Labute approximate surface area is 149 Å². The van der Waals surface area contributed by atoms with Gasteiger partial charge in [0.1, 0.15) is 5.78 Å². The van der Waals surface area contributed by atoms with Crippen molar-refractivity contribution in [3.63, 3.8) is 0 Å². The van der Waals surface area contributed by atoms with Gasteiger partial charge < -0.3 is 0 Å². The molecule has 6 nitrogen and oxygen atoms in total. The van der Waals surface area contributed by atoms with Gasteiger partial charge in [0, 0.05) is 12.0 Å². The number of ketones is 1. The van der Waals surface area contributed by atoms with Gasteiger partial charge in [0.25, 0.3) is 5.56 Å². The third-order valence-electron chi connectivity index (χ3n) is 3.96. The third kappa shape index (κ3) is 3.11. The fraction of sp³-hybridized carbons (Fsp3) is 0.333. The van der Waals surface area contributed by atoms with Crippen LogP contribution in [0.5, 0.6) is 0 Å². The summed E-state index contributed by atoms with van der Waals surface area (Å²) < 4.78 is 3.37. The summed E-state index contributed by atoms with van der Waals surface area (Å²) in [6.45, 7) is 9.75. The summed E-state index contributed by atoms with van der Waals surface area (Å²) in [6, 6.07) is 7.34. The van der Waals surface area contributed by atoms with Crippen LogP contribution in [0.25, 0.3) is 16.7 Å². The molecule has 130 valence electrons. The van der Waals surface area contributed by atoms with Crippen molar-refractivity contribution in [1.82, 2.24) is 19.2 Å². The van der Waals surface area contributed by atoms with Crippen LogP contribution in [0.4, 0.5) is 0 Å². The number of benzene rings is 1. The predicted molar refractivity (Wildman–Crippen MR) is 100 cm³/mol. The van der Waals surface area contributed by atoms with E-state index < -0.39 is 5.41 Å². The summed E-state index contributed by atoms with van der Waals surface area (Å²) in [7, 11) is 0. The number of hydrogen-bond donors (Lipinski definition) is 0. The zero-order valence-corrected chi connectivity index (χ0v) is 15.3. The highest BCUT2D eigenvalue weighted by atomic mass is 32.2. The lowest BCUT2D eigenvalue weighted by molar-refractivity contribution is -0.123. The molecule has 0 saturated heterocycles. The van der Waals surface area contributed by atoms with Crippen molar-refractivity contribution in [2.45, 2.75) is 32.5 Å². The van der Waals surface area contributed by atoms with E-state index in [0.29, 0.717) is 28.6 Å². The SMILES string of the molecule is C=CCn1c(=O)c2ccccc2n2c(SCC(=O)C(C)(C)C)nnc12. The van der Waals surface area contributed by atoms with Gasteiger partial charge in [0.15, 0.2) is 5.16 Å². The summed E-state index contributed by atoms with van der Waals surface area (Å²) in [5.41, 5.74) is 0.205. The predicted octanol–water partition coefficient (Wildman–Crippen LogP) is 2.94. The normalized spacial score (nSPS) is 12.0. The van der Waals surface area contributed by atoms with Gasteiger partial charge in [0.05, 0.1) is 16.7 Å². The molecule has 0 aliphatic carbocycles. The highest BCUT2D eigenvalue weighted by Gasteiger charge is 2.23. The fourth-order valence-electron chi connectivity index (χ4n) is 2.47. The Morgan fingerprint density at radius 1 is 1.28 bits per heavy atom. The van der Waals surface area contributed by atoms with Crippen molar-refractivity contribution < 1.29 is 4.79 Å². The summed E-state index contributed by atoms with van der Waals surface area (Å²) in [6.07, 6.45) is 1.65. The van der Waals surface area contributed by atoms with E-state index >= 15 is 0 Å². The highest BCUT2D eigenvalue weighted by Crippen LogP contribution is 2.24. The molecule has 0 N–H and O–H groups in total. The topological polar surface area (TPSA) is 69.3 Å². The van der Waals surface area contributed by atoms with E-state index in [1.807, 2.05) is 43.4 Å². The van der Waals surface area contributed by atoms with Crippen LogP contribution in [0.15, 0.2) is 46.9 Å². The minimum absolute atomic E-state index is 0.127. The highest BCUT2D eigenvalue weighted by molar-refractivity contribution is 7.99. The first kappa shape index (κ1) is 17.4. The smallest absolute Gasteiger partial charge is 0.263 e. The summed E-state index contributed by atoms with van der Waals surface area (Å²) in [5.74, 6) is 0.895. The van der Waals surface area contributed by atoms with Gasteiger partial charge in [-0.15, -0.1) is 16.8 Å². The van der Waals surface area contributed by atoms with Crippen LogP contribution in [-0.2, 0) is 11.3 Å². The standard InChI is InChI=1S/C18H20N4O2S/c1-5-10-21-15(24)12-8-6-7-9-13(12)22-16(21)19-20-17(22)25-11-14(23)18(2,3)4/h5-9H,1,10-11H2,2-4H3. The maximum atomic E-state index is 12.7. The maximum Gasteiger partial charge on any atom is 0.263 e. The van der Waals surface area contributed by atoms with Gasteiger partial charge in [-0.25, -0.2) is 0 Å². The van der Waals surface area contributed by atoms with Crippen molar-refractivity contribution in [2.75, 3.05) is 5.75 Å². The van der Waals surface area contributed by atoms with Crippen LogP contribution in [0, 0.1) is 5.41 Å². The van der Waals surface area contributed by atoms with Gasteiger partial charge in [-0.05, 0) is 12.1 Å². The van der Waals surface area contributed by atoms with Crippen molar-refractivity contribution in [3.8, 4) is 0 Å². The summed E-state index contributed by atoms with van der Waals surface area (Å²) >= 11 is 1.34. The Morgan fingerprint density at radius 2 is 2.00 bits per heavy atom. The number of para-hydroxylation sites is 1. The first-order valence-electron chi connectivity index (χ1n) is 7.98. The first-order valence-corrected chi connectivity index (χ1v) is 8.97. The molecule has 2 heterocycles. The van der Waals surface area contributed by atoms with Crippen LogP contribution in [-0.4, -0.2) is 30.7 Å². The van der Waals surface area contributed by atoms with Gasteiger partial charge in [-0.1, -0.05) is 50.7 Å². The Balaban J connectivity index is 2.17. The van der Waals surface area contributed by atoms with E-state index in [9.17, 15) is 9.59 Å². The fourth-order valence-corrected chi connectivity index (χ4v) is 3.57. The molecular weight excluding hydrogens is 336 g/mol. The van der Waals surface area contributed by atoms with Crippen LogP contribution in [0.2, 0.25) is 0 Å². The van der Waals surface area contributed by atoms with Crippen molar-refractivity contribution in [3.05, 3.63) is 47.3 Å². The summed E-state index contributed by atoms with van der Waals surface area (Å²) in [4.78, 5) is 24.9. The van der Waals surface area contributed by atoms with E-state index in [0.717, 1.165) is 5.52 Å². The van der Waals surface area contributed by atoms with Crippen LogP contribution < -0.4 is 5.56 Å². The third-order valence-corrected chi connectivity index (χ3v) is 4.89. The van der Waals surface area contributed by atoms with Gasteiger partial charge in [-0.3, -0.25) is 18.6 Å². The lowest BCUT2D eigenvalue weighted by Gasteiger charge is -2.15. The van der Waals surface area contributed by atoms with Gasteiger partial charge in [-0.2, -0.15) is 0 Å². The molecule has 0 radical (unpaired) electrons. The molecule has 3 rings (SSSR count). The number of carbonyl (C=O) groups excluding carboxylic acids is 1. The molecule has 2 aromatic heterocycles. The second kappa shape index (κ2) is 6.48. The Bertz CT molecular complexity index is 1030. The monoisotopic (exact) mass is 356 g/mol. The zero-order valence-electron chi connectivity index (χ0n) is 14.5. The molecule has 0 amide bonds. The second-order valence-corrected chi connectivity index (χ2v) is 7.74. The number of rotatable bonds is 5. The second-order valence-electron chi connectivity index (χ2n) is 6.80. The van der Waals surface area contributed by atoms with E-state index in [1.165, 1.54) is 16.3 Å². The maximum absolute atomic E-state index is 12.7. The molecule has 0 fully saturated rings. The number of Topliss-reactive ketones (excluding diaryl/α,β-unsaturated/α-hetero) is 1. The quantitative estimate of drug-likeness (QED) is 0.519. The molecule has 0 saturated carbocycles. The van der Waals surface area contributed by atoms with Crippen molar-refractivity contribution in [1.29, 1.82) is 0 Å². The molecule has 0 atom stereocenters. The largest absolute Gasteiger partial charge is 0.298 e. The number of nitrogens with zero attached hydrogens (tertiary/aromatic N) is 4. The van der Waals surface area contributed by atoms with Gasteiger partial charge >= 0.3 is 0 Å². The Kier molecular flexibility index (Phi) is 4.51. The van der Waals surface area contributed by atoms with Crippen LogP contribution >= 0.6 is 11.8 Å². The molecule has 1 aromatic carbocycles. The van der Waals surface area contributed by atoms with E-state index in [-0.39, 0.29) is 11.3 Å². The molecule has 0 spiro atoms. The molecule has 25 heavy (non-hydrogen) atoms. The Hall–Kier alpha value is -2.41. The number of fused-ring (bicyclic) bond motifs is 3.